The molecule has 12 heavy (non-hydrogen) atoms. The van der Waals surface area contributed by atoms with E-state index in [9.17, 15) is 5.11 Å². The van der Waals surface area contributed by atoms with Crippen molar-refractivity contribution in [3.63, 3.8) is 0 Å². The van der Waals surface area contributed by atoms with E-state index in [-0.39, 0.29) is 17.6 Å². The van der Waals surface area contributed by atoms with Crippen LogP contribution in [0.1, 0.15) is 40.0 Å². The maximum atomic E-state index is 9.76. The van der Waals surface area contributed by atoms with Gasteiger partial charge in [0.15, 0.2) is 0 Å². The zero-order chi connectivity index (χ0) is 9.19. The zero-order valence-corrected chi connectivity index (χ0v) is 8.34. The third-order valence-electron chi connectivity index (χ3n) is 2.22. The van der Waals surface area contributed by atoms with Gasteiger partial charge < -0.3 is 9.84 Å². The molecule has 1 aliphatic rings. The van der Waals surface area contributed by atoms with Gasteiger partial charge in [-0.1, -0.05) is 20.8 Å². The molecule has 2 atom stereocenters. The van der Waals surface area contributed by atoms with E-state index in [1.807, 2.05) is 0 Å². The van der Waals surface area contributed by atoms with Crippen molar-refractivity contribution in [2.24, 2.45) is 5.41 Å². The molecule has 0 saturated carbocycles. The molecule has 72 valence electrons. The number of hydrogen-bond donors (Lipinski definition) is 1. The second-order valence-electron chi connectivity index (χ2n) is 4.88. The molecule has 0 aromatic carbocycles. The standard InChI is InChI=1S/C10H20O2/c1-10(2,3)7-8(11)9-5-4-6-12-9/h8-9,11H,4-7H2,1-3H3. The molecule has 0 amide bonds. The van der Waals surface area contributed by atoms with E-state index in [1.54, 1.807) is 0 Å². The summed E-state index contributed by atoms with van der Waals surface area (Å²) in [6, 6.07) is 0. The highest BCUT2D eigenvalue weighted by molar-refractivity contribution is 4.78. The van der Waals surface area contributed by atoms with Crippen LogP contribution in [-0.2, 0) is 4.74 Å². The van der Waals surface area contributed by atoms with Crippen LogP contribution in [0.4, 0.5) is 0 Å². The van der Waals surface area contributed by atoms with Gasteiger partial charge in [0, 0.05) is 6.61 Å². The fraction of sp³-hybridized carbons (Fsp3) is 1.00. The lowest BCUT2D eigenvalue weighted by atomic mass is 9.87. The topological polar surface area (TPSA) is 29.5 Å². The van der Waals surface area contributed by atoms with Crippen LogP contribution in [0.5, 0.6) is 0 Å². The fourth-order valence-corrected chi connectivity index (χ4v) is 1.66. The zero-order valence-electron chi connectivity index (χ0n) is 8.34. The second-order valence-corrected chi connectivity index (χ2v) is 4.88. The van der Waals surface area contributed by atoms with Crippen molar-refractivity contribution < 1.29 is 9.84 Å². The third-order valence-corrected chi connectivity index (χ3v) is 2.22. The molecular formula is C10H20O2. The Morgan fingerprint density at radius 2 is 2.17 bits per heavy atom. The summed E-state index contributed by atoms with van der Waals surface area (Å²) in [4.78, 5) is 0. The van der Waals surface area contributed by atoms with Crippen molar-refractivity contribution in [3.8, 4) is 0 Å². The molecule has 0 aromatic heterocycles. The summed E-state index contributed by atoms with van der Waals surface area (Å²) in [6.45, 7) is 7.26. The molecule has 2 heteroatoms. The minimum atomic E-state index is -0.271. The summed E-state index contributed by atoms with van der Waals surface area (Å²) < 4.78 is 5.41. The highest BCUT2D eigenvalue weighted by Gasteiger charge is 2.27. The Morgan fingerprint density at radius 1 is 1.50 bits per heavy atom. The molecule has 0 aromatic rings. The van der Waals surface area contributed by atoms with Gasteiger partial charge in [0.05, 0.1) is 12.2 Å². The summed E-state index contributed by atoms with van der Waals surface area (Å²) in [5.41, 5.74) is 0.200. The molecule has 2 nitrogen and oxygen atoms in total. The molecule has 2 unspecified atom stereocenters. The summed E-state index contributed by atoms with van der Waals surface area (Å²) in [5, 5.41) is 9.76. The van der Waals surface area contributed by atoms with Gasteiger partial charge in [-0.25, -0.2) is 0 Å². The maximum Gasteiger partial charge on any atom is 0.0834 e. The Kier molecular flexibility index (Phi) is 3.13. The van der Waals surface area contributed by atoms with Gasteiger partial charge in [0.2, 0.25) is 0 Å². The SMILES string of the molecule is CC(C)(C)CC(O)C1CCCO1. The Balaban J connectivity index is 2.31. The summed E-state index contributed by atoms with van der Waals surface area (Å²) in [7, 11) is 0. The van der Waals surface area contributed by atoms with E-state index >= 15 is 0 Å². The molecule has 1 rings (SSSR count). The van der Waals surface area contributed by atoms with Crippen molar-refractivity contribution in [2.75, 3.05) is 6.61 Å². The van der Waals surface area contributed by atoms with Crippen LogP contribution in [0.3, 0.4) is 0 Å². The van der Waals surface area contributed by atoms with Crippen molar-refractivity contribution >= 4 is 0 Å². The Bertz CT molecular complexity index is 131. The van der Waals surface area contributed by atoms with Gasteiger partial charge in [0.1, 0.15) is 0 Å². The molecule has 1 N–H and O–H groups in total. The van der Waals surface area contributed by atoms with Crippen LogP contribution in [0.25, 0.3) is 0 Å². The van der Waals surface area contributed by atoms with Gasteiger partial charge in [-0.3, -0.25) is 0 Å². The summed E-state index contributed by atoms with van der Waals surface area (Å²) in [5.74, 6) is 0. The van der Waals surface area contributed by atoms with Crippen molar-refractivity contribution in [1.82, 2.24) is 0 Å². The van der Waals surface area contributed by atoms with E-state index in [2.05, 4.69) is 20.8 Å². The van der Waals surface area contributed by atoms with Crippen LogP contribution >= 0.6 is 0 Å². The molecule has 0 spiro atoms. The van der Waals surface area contributed by atoms with Crippen molar-refractivity contribution in [1.29, 1.82) is 0 Å². The average molecular weight is 172 g/mol. The summed E-state index contributed by atoms with van der Waals surface area (Å²) in [6.07, 6.45) is 2.79. The van der Waals surface area contributed by atoms with E-state index < -0.39 is 0 Å². The number of rotatable bonds is 2. The first-order valence-corrected chi connectivity index (χ1v) is 4.79. The average Bonchev–Trinajstić information content (AvgIpc) is 2.32. The first kappa shape index (κ1) is 10.0. The molecule has 1 aliphatic heterocycles. The third kappa shape index (κ3) is 3.11. The van der Waals surface area contributed by atoms with Crippen LogP contribution in [-0.4, -0.2) is 23.9 Å². The number of hydrogen-bond acceptors (Lipinski definition) is 2. The van der Waals surface area contributed by atoms with E-state index in [0.29, 0.717) is 0 Å². The summed E-state index contributed by atoms with van der Waals surface area (Å²) >= 11 is 0. The Labute approximate surface area is 74.9 Å². The van der Waals surface area contributed by atoms with Crippen molar-refractivity contribution in [2.45, 2.75) is 52.2 Å². The molecule has 0 radical (unpaired) electrons. The first-order chi connectivity index (χ1) is 5.49. The first-order valence-electron chi connectivity index (χ1n) is 4.79. The monoisotopic (exact) mass is 172 g/mol. The van der Waals surface area contributed by atoms with Crippen LogP contribution in [0.15, 0.2) is 0 Å². The van der Waals surface area contributed by atoms with Gasteiger partial charge in [-0.15, -0.1) is 0 Å². The molecule has 0 bridgehead atoms. The second kappa shape index (κ2) is 3.75. The fourth-order valence-electron chi connectivity index (χ4n) is 1.66. The quantitative estimate of drug-likeness (QED) is 0.690. The molecule has 1 heterocycles. The maximum absolute atomic E-state index is 9.76. The van der Waals surface area contributed by atoms with Crippen LogP contribution in [0.2, 0.25) is 0 Å². The van der Waals surface area contributed by atoms with Crippen molar-refractivity contribution in [3.05, 3.63) is 0 Å². The van der Waals surface area contributed by atoms with Crippen LogP contribution in [0, 0.1) is 5.41 Å². The number of ether oxygens (including phenoxy) is 1. The number of aliphatic hydroxyl groups excluding tert-OH is 1. The van der Waals surface area contributed by atoms with Gasteiger partial charge in [-0.05, 0) is 24.7 Å². The molecule has 1 saturated heterocycles. The largest absolute Gasteiger partial charge is 0.390 e. The van der Waals surface area contributed by atoms with Gasteiger partial charge in [0.25, 0.3) is 0 Å². The Morgan fingerprint density at radius 3 is 2.58 bits per heavy atom. The minimum Gasteiger partial charge on any atom is -0.390 e. The molecule has 1 fully saturated rings. The lowest BCUT2D eigenvalue weighted by molar-refractivity contribution is -0.0200. The van der Waals surface area contributed by atoms with E-state index in [1.165, 1.54) is 0 Å². The predicted octanol–water partition coefficient (Wildman–Crippen LogP) is 1.96. The predicted molar refractivity (Wildman–Crippen MR) is 49.1 cm³/mol. The normalized spacial score (nSPS) is 27.5. The molecular weight excluding hydrogens is 152 g/mol. The molecule has 0 aliphatic carbocycles. The lowest BCUT2D eigenvalue weighted by Gasteiger charge is -2.25. The lowest BCUT2D eigenvalue weighted by Crippen LogP contribution is -2.29. The van der Waals surface area contributed by atoms with Crippen LogP contribution < -0.4 is 0 Å². The van der Waals surface area contributed by atoms with Gasteiger partial charge in [-0.2, -0.15) is 0 Å². The van der Waals surface area contributed by atoms with Gasteiger partial charge >= 0.3 is 0 Å². The highest BCUT2D eigenvalue weighted by Crippen LogP contribution is 2.26. The Hall–Kier alpha value is -0.0800. The van der Waals surface area contributed by atoms with E-state index in [4.69, 9.17) is 4.74 Å². The minimum absolute atomic E-state index is 0.101. The van der Waals surface area contributed by atoms with E-state index in [0.717, 1.165) is 25.9 Å². The number of aliphatic hydroxyl groups is 1. The highest BCUT2D eigenvalue weighted by atomic mass is 16.5. The smallest absolute Gasteiger partial charge is 0.0834 e.